The Bertz CT molecular complexity index is 3680. The van der Waals surface area contributed by atoms with E-state index in [1.54, 1.807) is 0 Å². The van der Waals surface area contributed by atoms with Gasteiger partial charge in [0.1, 0.15) is 0 Å². The van der Waals surface area contributed by atoms with E-state index in [1.165, 1.54) is 16.2 Å². The van der Waals surface area contributed by atoms with Crippen molar-refractivity contribution >= 4 is 32.3 Å². The topological polar surface area (TPSA) is 38.7 Å². The molecule has 10 aromatic carbocycles. The van der Waals surface area contributed by atoms with Gasteiger partial charge in [-0.2, -0.15) is 0 Å². The fraction of sp³-hybridized carbons (Fsp3) is 0. The van der Waals surface area contributed by atoms with Crippen molar-refractivity contribution in [3.63, 3.8) is 0 Å². The molecule has 3 nitrogen and oxygen atoms in total. The van der Waals surface area contributed by atoms with Crippen LogP contribution in [0.5, 0.6) is 0 Å². The molecular formula is C69H45N3. The lowest BCUT2D eigenvalue weighted by atomic mass is 9.86. The summed E-state index contributed by atoms with van der Waals surface area (Å²) in [5.41, 5.74) is 20.0. The first-order chi connectivity index (χ1) is 35.7. The Kier molecular flexibility index (Phi) is 10.9. The monoisotopic (exact) mass is 915 g/mol. The van der Waals surface area contributed by atoms with Gasteiger partial charge in [0, 0.05) is 51.4 Å². The molecule has 0 atom stereocenters. The molecule has 0 unspecified atom stereocenters. The molecule has 0 aliphatic rings. The fourth-order valence-corrected chi connectivity index (χ4v) is 10.5. The number of benzene rings is 10. The molecule has 0 spiro atoms. The molecule has 3 heteroatoms. The molecule has 0 aliphatic carbocycles. The van der Waals surface area contributed by atoms with Gasteiger partial charge >= 0.3 is 0 Å². The summed E-state index contributed by atoms with van der Waals surface area (Å²) in [4.78, 5) is 14.5. The van der Waals surface area contributed by atoms with E-state index in [2.05, 4.69) is 255 Å². The van der Waals surface area contributed by atoms with Crippen LogP contribution in [0.25, 0.3) is 133 Å². The van der Waals surface area contributed by atoms with E-state index in [9.17, 15) is 0 Å². The van der Waals surface area contributed by atoms with Crippen LogP contribution in [-0.2, 0) is 0 Å². The predicted octanol–water partition coefficient (Wildman–Crippen LogP) is 18.3. The molecule has 72 heavy (non-hydrogen) atoms. The van der Waals surface area contributed by atoms with Gasteiger partial charge in [-0.05, 0) is 119 Å². The summed E-state index contributed by atoms with van der Waals surface area (Å²) in [5, 5.41) is 6.99. The van der Waals surface area contributed by atoms with Crippen molar-refractivity contribution in [1.29, 1.82) is 0 Å². The second-order valence-electron chi connectivity index (χ2n) is 18.3. The minimum atomic E-state index is 0.988. The molecular weight excluding hydrogens is 871 g/mol. The standard InChI is InChI=1S/C69H45N3/c1-4-22-64-46(13-1)37-40-70-67(64)52-31-25-49(26-32-52)58-16-7-10-19-61(58)55-43-56(62-20-11-8-17-59(62)50-27-33-53(34-28-50)68-65-23-5-2-14-47(65)38-41-71-68)45-57(44-55)63-21-12-9-18-60(63)51-29-35-54(36-30-51)69-66-24-6-3-15-48(66)39-42-72-69/h1-45H. The molecule has 0 amide bonds. The normalized spacial score (nSPS) is 11.3. The van der Waals surface area contributed by atoms with Crippen LogP contribution in [0, 0.1) is 0 Å². The van der Waals surface area contributed by atoms with Crippen LogP contribution in [0.2, 0.25) is 0 Å². The maximum atomic E-state index is 4.83. The molecule has 0 N–H and O–H groups in total. The lowest BCUT2D eigenvalue weighted by Gasteiger charge is -2.18. The summed E-state index contributed by atoms with van der Waals surface area (Å²) in [6.45, 7) is 0. The summed E-state index contributed by atoms with van der Waals surface area (Å²) in [6.07, 6.45) is 5.71. The van der Waals surface area contributed by atoms with Crippen LogP contribution in [-0.4, -0.2) is 15.0 Å². The van der Waals surface area contributed by atoms with Gasteiger partial charge in [0.15, 0.2) is 0 Å². The highest BCUT2D eigenvalue weighted by molar-refractivity contribution is 5.99. The van der Waals surface area contributed by atoms with Crippen LogP contribution in [0.4, 0.5) is 0 Å². The Morgan fingerprint density at radius 3 is 0.681 bits per heavy atom. The molecule has 3 heterocycles. The average molecular weight is 916 g/mol. The van der Waals surface area contributed by atoms with Gasteiger partial charge in [-0.3, -0.25) is 15.0 Å². The SMILES string of the molecule is c1ccc(-c2cc(-c3ccccc3-c3ccc(-c4nccc5ccccc45)cc3)cc(-c3ccccc3-c3ccc(-c4nccc5ccccc45)cc3)c2)c(-c2ccc(-c3nccc4ccccc34)cc2)c1. The molecule has 3 aromatic heterocycles. The second kappa shape index (κ2) is 18.4. The van der Waals surface area contributed by atoms with E-state index < -0.39 is 0 Å². The molecule has 0 radical (unpaired) electrons. The maximum absolute atomic E-state index is 4.83. The highest BCUT2D eigenvalue weighted by Crippen LogP contribution is 2.43. The lowest BCUT2D eigenvalue weighted by molar-refractivity contribution is 1.36. The quantitative estimate of drug-likeness (QED) is 0.145. The minimum Gasteiger partial charge on any atom is -0.256 e. The van der Waals surface area contributed by atoms with E-state index in [0.29, 0.717) is 0 Å². The van der Waals surface area contributed by atoms with E-state index in [4.69, 9.17) is 15.0 Å². The molecule has 0 fully saturated rings. The molecule has 0 bridgehead atoms. The third kappa shape index (κ3) is 7.89. The predicted molar refractivity (Wildman–Crippen MR) is 301 cm³/mol. The Morgan fingerprint density at radius 2 is 0.403 bits per heavy atom. The molecule has 0 saturated carbocycles. The van der Waals surface area contributed by atoms with E-state index in [1.807, 2.05) is 18.6 Å². The number of hydrogen-bond acceptors (Lipinski definition) is 3. The summed E-state index contributed by atoms with van der Waals surface area (Å²) >= 11 is 0. The van der Waals surface area contributed by atoms with Gasteiger partial charge in [-0.15, -0.1) is 0 Å². The van der Waals surface area contributed by atoms with Crippen molar-refractivity contribution in [2.75, 3.05) is 0 Å². The summed E-state index contributed by atoms with van der Waals surface area (Å²) < 4.78 is 0. The van der Waals surface area contributed by atoms with E-state index in [0.717, 1.165) is 117 Å². The van der Waals surface area contributed by atoms with Crippen LogP contribution >= 0.6 is 0 Å². The zero-order valence-electron chi connectivity index (χ0n) is 39.3. The highest BCUT2D eigenvalue weighted by Gasteiger charge is 2.18. The van der Waals surface area contributed by atoms with E-state index >= 15 is 0 Å². The first-order valence-corrected chi connectivity index (χ1v) is 24.5. The van der Waals surface area contributed by atoms with Gasteiger partial charge in [0.05, 0.1) is 17.1 Å². The third-order valence-corrected chi connectivity index (χ3v) is 14.1. The Balaban J connectivity index is 0.940. The number of rotatable bonds is 9. The minimum absolute atomic E-state index is 0.988. The van der Waals surface area contributed by atoms with Crippen LogP contribution < -0.4 is 0 Å². The fourth-order valence-electron chi connectivity index (χ4n) is 10.5. The van der Waals surface area contributed by atoms with Crippen molar-refractivity contribution < 1.29 is 0 Å². The first-order valence-electron chi connectivity index (χ1n) is 24.5. The van der Waals surface area contributed by atoms with Gasteiger partial charge in [0.25, 0.3) is 0 Å². The Labute approximate surface area is 419 Å². The zero-order chi connectivity index (χ0) is 47.8. The van der Waals surface area contributed by atoms with Crippen molar-refractivity contribution in [3.8, 4) is 101 Å². The van der Waals surface area contributed by atoms with Crippen molar-refractivity contribution in [1.82, 2.24) is 15.0 Å². The van der Waals surface area contributed by atoms with Crippen LogP contribution in [0.1, 0.15) is 0 Å². The molecule has 0 aliphatic heterocycles. The van der Waals surface area contributed by atoms with Gasteiger partial charge in [0.2, 0.25) is 0 Å². The molecule has 336 valence electrons. The van der Waals surface area contributed by atoms with Gasteiger partial charge in [-0.25, -0.2) is 0 Å². The van der Waals surface area contributed by atoms with Gasteiger partial charge < -0.3 is 0 Å². The summed E-state index contributed by atoms with van der Waals surface area (Å²) in [7, 11) is 0. The highest BCUT2D eigenvalue weighted by atomic mass is 14.7. The number of fused-ring (bicyclic) bond motifs is 3. The van der Waals surface area contributed by atoms with Crippen LogP contribution in [0.3, 0.4) is 0 Å². The molecule has 13 aromatic rings. The van der Waals surface area contributed by atoms with Gasteiger partial charge in [-0.1, -0.05) is 218 Å². The second-order valence-corrected chi connectivity index (χ2v) is 18.3. The maximum Gasteiger partial charge on any atom is 0.0780 e. The zero-order valence-corrected chi connectivity index (χ0v) is 39.3. The van der Waals surface area contributed by atoms with Crippen molar-refractivity contribution in [2.45, 2.75) is 0 Å². The number of nitrogens with zero attached hydrogens (tertiary/aromatic N) is 3. The average Bonchev–Trinajstić information content (AvgIpc) is 3.47. The van der Waals surface area contributed by atoms with Crippen LogP contribution in [0.15, 0.2) is 273 Å². The third-order valence-electron chi connectivity index (χ3n) is 14.1. The largest absolute Gasteiger partial charge is 0.256 e. The van der Waals surface area contributed by atoms with E-state index in [-0.39, 0.29) is 0 Å². The van der Waals surface area contributed by atoms with Crippen molar-refractivity contribution in [2.24, 2.45) is 0 Å². The summed E-state index contributed by atoms with van der Waals surface area (Å²) in [6, 6.07) is 91.8. The number of pyridine rings is 3. The number of aromatic nitrogens is 3. The first kappa shape index (κ1) is 42.5. The molecule has 0 saturated heterocycles. The van der Waals surface area contributed by atoms with Crippen molar-refractivity contribution in [3.05, 3.63) is 273 Å². The number of hydrogen-bond donors (Lipinski definition) is 0. The summed E-state index contributed by atoms with van der Waals surface area (Å²) in [5.74, 6) is 0. The molecule has 13 rings (SSSR count). The smallest absolute Gasteiger partial charge is 0.0780 e. The Morgan fingerprint density at radius 1 is 0.181 bits per heavy atom. The Hall–Kier alpha value is -9.57. The lowest BCUT2D eigenvalue weighted by Crippen LogP contribution is -1.92.